The molecular weight excluding hydrogens is 353 g/mol. The van der Waals surface area contributed by atoms with Gasteiger partial charge in [0.2, 0.25) is 5.91 Å². The predicted octanol–water partition coefficient (Wildman–Crippen LogP) is 3.33. The summed E-state index contributed by atoms with van der Waals surface area (Å²) in [7, 11) is 0. The molecule has 1 spiro atoms. The third-order valence-corrected chi connectivity index (χ3v) is 5.98. The summed E-state index contributed by atoms with van der Waals surface area (Å²) in [5.41, 5.74) is 2.27. The molecule has 1 aromatic carbocycles. The third-order valence-electron chi connectivity index (χ3n) is 5.39. The van der Waals surface area contributed by atoms with Crippen molar-refractivity contribution in [3.63, 3.8) is 0 Å². The summed E-state index contributed by atoms with van der Waals surface area (Å²) in [6.45, 7) is 1.72. The number of carbonyl (C=O) groups excluding carboxylic acids is 2. The van der Waals surface area contributed by atoms with Gasteiger partial charge in [-0.2, -0.15) is 0 Å². The monoisotopic (exact) mass is 373 g/mol. The normalized spacial score (nSPS) is 23.5. The van der Waals surface area contributed by atoms with Crippen LogP contribution in [0.3, 0.4) is 0 Å². The fraction of sp³-hybridized carbons (Fsp3) is 0.421. The second-order valence-corrected chi connectivity index (χ2v) is 7.74. The highest BCUT2D eigenvalue weighted by Crippen LogP contribution is 2.41. The number of benzene rings is 1. The standard InChI is InChI=1S/C19H20FN3O2S/c20-14-3-5-15(6-4-14)23-10-2-8-19(18(23)25)7-1-9-22(12-19)17(24)16-11-26-13-21-16/h3-6,11,13H,1-2,7-10,12H2. The van der Waals surface area contributed by atoms with Crippen LogP contribution in [0.25, 0.3) is 0 Å². The Kier molecular flexibility index (Phi) is 4.48. The molecular formula is C19H20FN3O2S. The number of carbonyl (C=O) groups is 2. The topological polar surface area (TPSA) is 53.5 Å². The second-order valence-electron chi connectivity index (χ2n) is 7.02. The van der Waals surface area contributed by atoms with Crippen LogP contribution in [0.4, 0.5) is 10.1 Å². The second kappa shape index (κ2) is 6.79. The molecule has 3 heterocycles. The van der Waals surface area contributed by atoms with Gasteiger partial charge in [0, 0.05) is 30.7 Å². The van der Waals surface area contributed by atoms with Crippen LogP contribution in [0.15, 0.2) is 35.2 Å². The van der Waals surface area contributed by atoms with Crippen LogP contribution in [0.1, 0.15) is 36.2 Å². The van der Waals surface area contributed by atoms with Crippen LogP contribution in [-0.4, -0.2) is 41.3 Å². The van der Waals surface area contributed by atoms with Crippen LogP contribution in [0.2, 0.25) is 0 Å². The molecule has 2 saturated heterocycles. The van der Waals surface area contributed by atoms with Crippen LogP contribution in [-0.2, 0) is 4.79 Å². The van der Waals surface area contributed by atoms with Crippen LogP contribution in [0.5, 0.6) is 0 Å². The zero-order chi connectivity index (χ0) is 18.1. The maximum absolute atomic E-state index is 13.3. The van der Waals surface area contributed by atoms with Crippen molar-refractivity contribution in [2.75, 3.05) is 24.5 Å². The first-order valence-electron chi connectivity index (χ1n) is 8.84. The Labute approximate surface area is 155 Å². The summed E-state index contributed by atoms with van der Waals surface area (Å²) in [4.78, 5) is 33.6. The number of hydrogen-bond donors (Lipinski definition) is 0. The zero-order valence-electron chi connectivity index (χ0n) is 14.4. The van der Waals surface area contributed by atoms with E-state index in [9.17, 15) is 14.0 Å². The van der Waals surface area contributed by atoms with Gasteiger partial charge in [0.15, 0.2) is 0 Å². The molecule has 2 aromatic rings. The molecule has 0 bridgehead atoms. The van der Waals surface area contributed by atoms with E-state index < -0.39 is 5.41 Å². The van der Waals surface area contributed by atoms with E-state index in [1.165, 1.54) is 23.5 Å². The lowest BCUT2D eigenvalue weighted by Crippen LogP contribution is -2.57. The summed E-state index contributed by atoms with van der Waals surface area (Å²) in [5.74, 6) is -0.367. The fourth-order valence-corrected chi connectivity index (χ4v) is 4.63. The van der Waals surface area contributed by atoms with Crippen molar-refractivity contribution in [2.45, 2.75) is 25.7 Å². The van der Waals surface area contributed by atoms with Gasteiger partial charge in [-0.15, -0.1) is 11.3 Å². The highest BCUT2D eigenvalue weighted by molar-refractivity contribution is 7.07. The quantitative estimate of drug-likeness (QED) is 0.811. The molecule has 7 heteroatoms. The molecule has 0 N–H and O–H groups in total. The lowest BCUT2D eigenvalue weighted by atomic mass is 9.72. The molecule has 1 aromatic heterocycles. The number of piperidine rings is 2. The van der Waals surface area contributed by atoms with Gasteiger partial charge >= 0.3 is 0 Å². The maximum Gasteiger partial charge on any atom is 0.273 e. The van der Waals surface area contributed by atoms with Crippen molar-refractivity contribution in [1.82, 2.24) is 9.88 Å². The summed E-state index contributed by atoms with van der Waals surface area (Å²) >= 11 is 1.39. The summed E-state index contributed by atoms with van der Waals surface area (Å²) in [6.07, 6.45) is 3.25. The number of thiazole rings is 1. The molecule has 2 aliphatic heterocycles. The van der Waals surface area contributed by atoms with E-state index in [0.29, 0.717) is 25.3 Å². The molecule has 2 fully saturated rings. The van der Waals surface area contributed by atoms with Crippen LogP contribution in [0, 0.1) is 11.2 Å². The van der Waals surface area contributed by atoms with Crippen molar-refractivity contribution in [3.8, 4) is 0 Å². The molecule has 1 unspecified atom stereocenters. The van der Waals surface area contributed by atoms with Gasteiger partial charge in [-0.3, -0.25) is 9.59 Å². The molecule has 0 aliphatic carbocycles. The first-order chi connectivity index (χ1) is 12.6. The first kappa shape index (κ1) is 17.1. The van der Waals surface area contributed by atoms with Crippen molar-refractivity contribution in [2.24, 2.45) is 5.41 Å². The van der Waals surface area contributed by atoms with E-state index in [1.54, 1.807) is 32.8 Å². The molecule has 2 aliphatic rings. The minimum atomic E-state index is -0.545. The number of amides is 2. The van der Waals surface area contributed by atoms with Crippen LogP contribution < -0.4 is 4.90 Å². The smallest absolute Gasteiger partial charge is 0.273 e. The van der Waals surface area contributed by atoms with Gasteiger partial charge in [0.1, 0.15) is 11.5 Å². The van der Waals surface area contributed by atoms with Crippen molar-refractivity contribution >= 4 is 28.8 Å². The average Bonchev–Trinajstić information content (AvgIpc) is 3.19. The third kappa shape index (κ3) is 3.00. The number of rotatable bonds is 2. The number of aromatic nitrogens is 1. The summed E-state index contributed by atoms with van der Waals surface area (Å²) in [6, 6.07) is 6.05. The van der Waals surface area contributed by atoms with Gasteiger partial charge in [-0.1, -0.05) is 0 Å². The molecule has 5 nitrogen and oxygen atoms in total. The zero-order valence-corrected chi connectivity index (χ0v) is 15.2. The number of nitrogens with zero attached hydrogens (tertiary/aromatic N) is 3. The molecule has 0 radical (unpaired) electrons. The van der Waals surface area contributed by atoms with Crippen molar-refractivity contribution in [3.05, 3.63) is 46.7 Å². The predicted molar refractivity (Wildman–Crippen MR) is 97.7 cm³/mol. The number of anilines is 1. The van der Waals surface area contributed by atoms with Gasteiger partial charge in [-0.05, 0) is 49.9 Å². The molecule has 136 valence electrons. The van der Waals surface area contributed by atoms with Crippen molar-refractivity contribution < 1.29 is 14.0 Å². The summed E-state index contributed by atoms with van der Waals surface area (Å²) < 4.78 is 13.2. The summed E-state index contributed by atoms with van der Waals surface area (Å²) in [5, 5.41) is 1.75. The largest absolute Gasteiger partial charge is 0.336 e. The molecule has 1 atom stereocenters. The molecule has 2 amide bonds. The van der Waals surface area contributed by atoms with Gasteiger partial charge < -0.3 is 9.80 Å². The Balaban J connectivity index is 1.57. The molecule has 0 saturated carbocycles. The van der Waals surface area contributed by atoms with E-state index in [4.69, 9.17) is 0 Å². The van der Waals surface area contributed by atoms with Crippen LogP contribution >= 0.6 is 11.3 Å². The Morgan fingerprint density at radius 1 is 1.15 bits per heavy atom. The lowest BCUT2D eigenvalue weighted by Gasteiger charge is -2.47. The van der Waals surface area contributed by atoms with Gasteiger partial charge in [0.05, 0.1) is 10.9 Å². The highest BCUT2D eigenvalue weighted by atomic mass is 32.1. The van der Waals surface area contributed by atoms with E-state index >= 15 is 0 Å². The van der Waals surface area contributed by atoms with Crippen molar-refractivity contribution in [1.29, 1.82) is 0 Å². The molecule has 26 heavy (non-hydrogen) atoms. The maximum atomic E-state index is 13.3. The fourth-order valence-electron chi connectivity index (χ4n) is 4.10. The number of likely N-dealkylation sites (tertiary alicyclic amines) is 1. The Bertz CT molecular complexity index is 805. The van der Waals surface area contributed by atoms with Gasteiger partial charge in [0.25, 0.3) is 5.91 Å². The Morgan fingerprint density at radius 3 is 2.58 bits per heavy atom. The minimum absolute atomic E-state index is 0.0473. The van der Waals surface area contributed by atoms with E-state index in [0.717, 1.165) is 31.4 Å². The number of halogens is 1. The number of hydrogen-bond acceptors (Lipinski definition) is 4. The molecule has 4 rings (SSSR count). The van der Waals surface area contributed by atoms with E-state index in [1.807, 2.05) is 0 Å². The minimum Gasteiger partial charge on any atom is -0.336 e. The van der Waals surface area contributed by atoms with E-state index in [2.05, 4.69) is 4.98 Å². The van der Waals surface area contributed by atoms with E-state index in [-0.39, 0.29) is 17.6 Å². The SMILES string of the molecule is O=C(c1cscn1)N1CCCC2(CCCN(c3ccc(F)cc3)C2=O)C1. The highest BCUT2D eigenvalue weighted by Gasteiger charge is 2.47. The average molecular weight is 373 g/mol. The Hall–Kier alpha value is -2.28. The van der Waals surface area contributed by atoms with Gasteiger partial charge in [-0.25, -0.2) is 9.37 Å². The Morgan fingerprint density at radius 2 is 1.88 bits per heavy atom. The lowest BCUT2D eigenvalue weighted by molar-refractivity contribution is -0.133. The first-order valence-corrected chi connectivity index (χ1v) is 9.78.